The molecule has 0 atom stereocenters. The molecule has 1 aromatic rings. The van der Waals surface area contributed by atoms with Gasteiger partial charge in [0.1, 0.15) is 0 Å². The summed E-state index contributed by atoms with van der Waals surface area (Å²) in [5.41, 5.74) is 5.93. The predicted molar refractivity (Wildman–Crippen MR) is 84.6 cm³/mol. The maximum atomic E-state index is 2.44. The molecule has 0 amide bonds. The quantitative estimate of drug-likeness (QED) is 0.559. The molecule has 2 aliphatic carbocycles. The van der Waals surface area contributed by atoms with Gasteiger partial charge in [-0.2, -0.15) is 0 Å². The fraction of sp³-hybridized carbons (Fsp3) is 0.684. The van der Waals surface area contributed by atoms with Crippen LogP contribution < -0.4 is 0 Å². The molecule has 0 bridgehead atoms. The van der Waals surface area contributed by atoms with Crippen molar-refractivity contribution in [3.8, 4) is 0 Å². The Morgan fingerprint density at radius 1 is 0.842 bits per heavy atom. The van der Waals surface area contributed by atoms with Crippen LogP contribution in [0.2, 0.25) is 0 Å². The summed E-state index contributed by atoms with van der Waals surface area (Å²) in [6, 6.07) is 7.08. The van der Waals surface area contributed by atoms with Crippen LogP contribution in [0.15, 0.2) is 18.2 Å². The Balaban J connectivity index is 0.000000637. The van der Waals surface area contributed by atoms with Gasteiger partial charge in [0.15, 0.2) is 0 Å². The zero-order valence-electron chi connectivity index (χ0n) is 13.5. The van der Waals surface area contributed by atoms with E-state index in [2.05, 4.69) is 39.0 Å². The number of rotatable bonds is 0. The Hall–Kier alpha value is -0.780. The van der Waals surface area contributed by atoms with E-state index in [-0.39, 0.29) is 0 Å². The molecule has 0 aromatic heterocycles. The molecule has 1 saturated carbocycles. The minimum Gasteiger partial charge on any atom is -0.0683 e. The van der Waals surface area contributed by atoms with Gasteiger partial charge in [0.25, 0.3) is 0 Å². The van der Waals surface area contributed by atoms with Gasteiger partial charge in [-0.25, -0.2) is 0 Å². The second kappa shape index (κ2) is 5.31. The van der Waals surface area contributed by atoms with Crippen molar-refractivity contribution in [2.45, 2.75) is 73.1 Å². The Morgan fingerprint density at radius 3 is 2.05 bits per heavy atom. The first kappa shape index (κ1) is 14.6. The summed E-state index contributed by atoms with van der Waals surface area (Å²) >= 11 is 0. The summed E-state index contributed by atoms with van der Waals surface area (Å²) in [6.07, 6.45) is 8.40. The third kappa shape index (κ3) is 3.04. The topological polar surface area (TPSA) is 0 Å². The molecule has 0 heteroatoms. The van der Waals surface area contributed by atoms with Gasteiger partial charge < -0.3 is 0 Å². The van der Waals surface area contributed by atoms with Crippen LogP contribution in [0.5, 0.6) is 0 Å². The lowest BCUT2D eigenvalue weighted by Crippen LogP contribution is -2.31. The van der Waals surface area contributed by atoms with Gasteiger partial charge in [-0.15, -0.1) is 0 Å². The Morgan fingerprint density at radius 2 is 1.42 bits per heavy atom. The molecule has 1 fully saturated rings. The predicted octanol–water partition coefficient (Wildman–Crippen LogP) is 5.71. The van der Waals surface area contributed by atoms with Gasteiger partial charge in [-0.05, 0) is 67.4 Å². The molecule has 0 heterocycles. The molecular formula is C19H30. The average molecular weight is 258 g/mol. The first-order valence-electron chi connectivity index (χ1n) is 8.07. The maximum absolute atomic E-state index is 2.44. The van der Waals surface area contributed by atoms with Crippen molar-refractivity contribution in [3.63, 3.8) is 0 Å². The SMILES string of the molecule is CC.Cc1ccc2c(c1)CC1(CCC(C)(C)CC1)C2. The fourth-order valence-corrected chi connectivity index (χ4v) is 3.77. The molecule has 0 nitrogen and oxygen atoms in total. The van der Waals surface area contributed by atoms with Crippen molar-refractivity contribution in [2.75, 3.05) is 0 Å². The van der Waals surface area contributed by atoms with Gasteiger partial charge in [0.2, 0.25) is 0 Å². The first-order valence-corrected chi connectivity index (χ1v) is 8.07. The molecule has 19 heavy (non-hydrogen) atoms. The van der Waals surface area contributed by atoms with Crippen molar-refractivity contribution >= 4 is 0 Å². The zero-order chi connectivity index (χ0) is 14.1. The van der Waals surface area contributed by atoms with E-state index in [9.17, 15) is 0 Å². The fourth-order valence-electron chi connectivity index (χ4n) is 3.77. The highest BCUT2D eigenvalue weighted by molar-refractivity contribution is 5.37. The van der Waals surface area contributed by atoms with Crippen LogP contribution in [0.1, 0.15) is 70.1 Å². The molecule has 0 saturated heterocycles. The van der Waals surface area contributed by atoms with E-state index in [4.69, 9.17) is 0 Å². The molecular weight excluding hydrogens is 228 g/mol. The third-order valence-corrected chi connectivity index (χ3v) is 5.16. The second-order valence-electron chi connectivity index (χ2n) is 7.29. The van der Waals surface area contributed by atoms with Crippen LogP contribution in [0.3, 0.4) is 0 Å². The minimum atomic E-state index is 0.593. The maximum Gasteiger partial charge on any atom is -0.0216 e. The molecule has 1 aromatic carbocycles. The van der Waals surface area contributed by atoms with E-state index in [0.29, 0.717) is 10.8 Å². The lowest BCUT2D eigenvalue weighted by molar-refractivity contribution is 0.110. The Labute approximate surface area is 119 Å². The molecule has 0 aliphatic heterocycles. The second-order valence-corrected chi connectivity index (χ2v) is 7.29. The number of benzene rings is 1. The van der Waals surface area contributed by atoms with E-state index in [1.165, 1.54) is 44.1 Å². The summed E-state index contributed by atoms with van der Waals surface area (Å²) in [6.45, 7) is 11.1. The highest BCUT2D eigenvalue weighted by atomic mass is 14.5. The first-order chi connectivity index (χ1) is 8.98. The summed E-state index contributed by atoms with van der Waals surface area (Å²) in [7, 11) is 0. The van der Waals surface area contributed by atoms with Gasteiger partial charge in [0.05, 0.1) is 0 Å². The van der Waals surface area contributed by atoms with Gasteiger partial charge >= 0.3 is 0 Å². The van der Waals surface area contributed by atoms with Crippen molar-refractivity contribution < 1.29 is 0 Å². The van der Waals surface area contributed by atoms with E-state index >= 15 is 0 Å². The normalized spacial score (nSPS) is 22.6. The number of fused-ring (bicyclic) bond motifs is 1. The number of hydrogen-bond donors (Lipinski definition) is 0. The summed E-state index contributed by atoms with van der Waals surface area (Å²) in [4.78, 5) is 0. The molecule has 0 N–H and O–H groups in total. The Bertz CT molecular complexity index is 429. The van der Waals surface area contributed by atoms with Gasteiger partial charge in [-0.1, -0.05) is 51.5 Å². The lowest BCUT2D eigenvalue weighted by Gasteiger charge is -2.41. The smallest absolute Gasteiger partial charge is 0.0216 e. The minimum absolute atomic E-state index is 0.593. The van der Waals surface area contributed by atoms with Gasteiger partial charge in [-0.3, -0.25) is 0 Å². The van der Waals surface area contributed by atoms with E-state index < -0.39 is 0 Å². The lowest BCUT2D eigenvalue weighted by atomic mass is 9.64. The standard InChI is InChI=1S/C17H24.C2H6/c1-13-4-5-14-11-17(12-15(14)10-13)8-6-16(2,3)7-9-17;1-2/h4-5,10H,6-9,11-12H2,1-3H3;1-2H3. The summed E-state index contributed by atoms with van der Waals surface area (Å²) < 4.78 is 0. The number of aryl methyl sites for hydroxylation is 1. The van der Waals surface area contributed by atoms with Crippen molar-refractivity contribution in [2.24, 2.45) is 10.8 Å². The molecule has 1 spiro atoms. The highest BCUT2D eigenvalue weighted by Gasteiger charge is 2.42. The van der Waals surface area contributed by atoms with Crippen LogP contribution >= 0.6 is 0 Å². The van der Waals surface area contributed by atoms with Crippen molar-refractivity contribution in [3.05, 3.63) is 34.9 Å². The molecule has 0 radical (unpaired) electrons. The largest absolute Gasteiger partial charge is 0.0683 e. The third-order valence-electron chi connectivity index (χ3n) is 5.16. The van der Waals surface area contributed by atoms with Crippen LogP contribution in [-0.2, 0) is 12.8 Å². The Kier molecular flexibility index (Phi) is 4.08. The highest BCUT2D eigenvalue weighted by Crippen LogP contribution is 2.51. The summed E-state index contributed by atoms with van der Waals surface area (Å²) in [5.74, 6) is 0. The van der Waals surface area contributed by atoms with Crippen molar-refractivity contribution in [1.29, 1.82) is 0 Å². The van der Waals surface area contributed by atoms with Crippen LogP contribution in [0, 0.1) is 17.8 Å². The molecule has 0 unspecified atom stereocenters. The van der Waals surface area contributed by atoms with Crippen molar-refractivity contribution in [1.82, 2.24) is 0 Å². The average Bonchev–Trinajstić information content (AvgIpc) is 2.74. The number of hydrogen-bond acceptors (Lipinski definition) is 0. The van der Waals surface area contributed by atoms with E-state index in [1.54, 1.807) is 11.1 Å². The summed E-state index contributed by atoms with van der Waals surface area (Å²) in [5, 5.41) is 0. The van der Waals surface area contributed by atoms with E-state index in [1.807, 2.05) is 13.8 Å². The van der Waals surface area contributed by atoms with Crippen LogP contribution in [0.25, 0.3) is 0 Å². The zero-order valence-corrected chi connectivity index (χ0v) is 13.5. The van der Waals surface area contributed by atoms with E-state index in [0.717, 1.165) is 0 Å². The molecule has 2 aliphatic rings. The van der Waals surface area contributed by atoms with Crippen LogP contribution in [0.4, 0.5) is 0 Å². The molecule has 3 rings (SSSR count). The van der Waals surface area contributed by atoms with Gasteiger partial charge in [0, 0.05) is 0 Å². The molecule has 106 valence electrons. The van der Waals surface area contributed by atoms with Crippen LogP contribution in [-0.4, -0.2) is 0 Å². The monoisotopic (exact) mass is 258 g/mol.